The molecule has 0 aliphatic carbocycles. The summed E-state index contributed by atoms with van der Waals surface area (Å²) in [5, 5.41) is 0. The van der Waals surface area contributed by atoms with Gasteiger partial charge in [-0.1, -0.05) is 72.1 Å². The smallest absolute Gasteiger partial charge is 0.311 e. The van der Waals surface area contributed by atoms with Gasteiger partial charge in [-0.05, 0) is 19.3 Å². The lowest BCUT2D eigenvalue weighted by Crippen LogP contribution is -2.28. The fraction of sp³-hybridized carbons (Fsp3) is 0.905. The molecule has 25 heavy (non-hydrogen) atoms. The number of unbranched alkanes of at least 4 members (excludes halogenated alkanes) is 7. The van der Waals surface area contributed by atoms with E-state index in [-0.39, 0.29) is 23.7 Å². The zero-order valence-electron chi connectivity index (χ0n) is 16.7. The number of esters is 1. The Labute approximate surface area is 154 Å². The van der Waals surface area contributed by atoms with Gasteiger partial charge in [-0.25, -0.2) is 0 Å². The summed E-state index contributed by atoms with van der Waals surface area (Å²) in [6.45, 7) is 8.30. The summed E-state index contributed by atoms with van der Waals surface area (Å²) in [5.41, 5.74) is 0. The first-order chi connectivity index (χ1) is 12.2. The number of amides is 1. The molecule has 1 rings (SSSR count). The molecule has 0 bridgehead atoms. The molecule has 4 heteroatoms. The van der Waals surface area contributed by atoms with Gasteiger partial charge in [0, 0.05) is 13.1 Å². The molecule has 1 saturated heterocycles. The summed E-state index contributed by atoms with van der Waals surface area (Å²) in [6, 6.07) is 0. The van der Waals surface area contributed by atoms with Crippen molar-refractivity contribution in [3.63, 3.8) is 0 Å². The van der Waals surface area contributed by atoms with Crippen LogP contribution in [0.2, 0.25) is 0 Å². The summed E-state index contributed by atoms with van der Waals surface area (Å²) in [7, 11) is 0. The predicted molar refractivity (Wildman–Crippen MR) is 102 cm³/mol. The second-order valence-electron chi connectivity index (χ2n) is 7.43. The number of ether oxygens (including phenoxy) is 1. The van der Waals surface area contributed by atoms with Gasteiger partial charge in [-0.2, -0.15) is 0 Å². The minimum Gasteiger partial charge on any atom is -0.465 e. The highest BCUT2D eigenvalue weighted by Gasteiger charge is 2.44. The third-order valence-corrected chi connectivity index (χ3v) is 5.23. The Morgan fingerprint density at radius 3 is 2.28 bits per heavy atom. The Morgan fingerprint density at radius 2 is 1.60 bits per heavy atom. The van der Waals surface area contributed by atoms with Gasteiger partial charge in [0.2, 0.25) is 5.91 Å². The van der Waals surface area contributed by atoms with Gasteiger partial charge in [-0.3, -0.25) is 9.59 Å². The molecule has 1 amide bonds. The average molecular weight is 354 g/mol. The molecule has 2 unspecified atom stereocenters. The number of rotatable bonds is 14. The van der Waals surface area contributed by atoms with Crippen molar-refractivity contribution < 1.29 is 14.3 Å². The molecule has 0 saturated carbocycles. The quantitative estimate of drug-likeness (QED) is 0.328. The van der Waals surface area contributed by atoms with Gasteiger partial charge in [0.05, 0.1) is 18.4 Å². The van der Waals surface area contributed by atoms with Gasteiger partial charge in [0.25, 0.3) is 0 Å². The van der Waals surface area contributed by atoms with Crippen LogP contribution in [0.25, 0.3) is 0 Å². The van der Waals surface area contributed by atoms with Crippen molar-refractivity contribution in [1.82, 2.24) is 4.90 Å². The number of nitrogens with zero attached hydrogens (tertiary/aromatic N) is 1. The Hall–Kier alpha value is -1.06. The van der Waals surface area contributed by atoms with Crippen LogP contribution in [0.4, 0.5) is 0 Å². The van der Waals surface area contributed by atoms with E-state index in [0.29, 0.717) is 13.2 Å². The van der Waals surface area contributed by atoms with Crippen molar-refractivity contribution in [1.29, 1.82) is 0 Å². The molecule has 4 nitrogen and oxygen atoms in total. The van der Waals surface area contributed by atoms with E-state index in [4.69, 9.17) is 4.74 Å². The Morgan fingerprint density at radius 1 is 0.960 bits per heavy atom. The SMILES string of the molecule is CCCCCCCCOC(=O)C1CN(CCCC)C(=O)C1CCCC. The van der Waals surface area contributed by atoms with Crippen LogP contribution in [0.15, 0.2) is 0 Å². The minimum absolute atomic E-state index is 0.151. The minimum atomic E-state index is -0.254. The van der Waals surface area contributed by atoms with E-state index in [9.17, 15) is 9.59 Å². The number of carbonyl (C=O) groups excluding carboxylic acids is 2. The van der Waals surface area contributed by atoms with Crippen LogP contribution >= 0.6 is 0 Å². The van der Waals surface area contributed by atoms with Gasteiger partial charge >= 0.3 is 5.97 Å². The summed E-state index contributed by atoms with van der Waals surface area (Å²) in [6.07, 6.45) is 12.0. The Kier molecular flexibility index (Phi) is 11.6. The summed E-state index contributed by atoms with van der Waals surface area (Å²) in [5.74, 6) is -0.393. The average Bonchev–Trinajstić information content (AvgIpc) is 2.93. The molecule has 1 heterocycles. The van der Waals surface area contributed by atoms with E-state index < -0.39 is 0 Å². The first kappa shape index (κ1) is 22.0. The van der Waals surface area contributed by atoms with Gasteiger partial charge in [0.1, 0.15) is 0 Å². The van der Waals surface area contributed by atoms with Crippen molar-refractivity contribution in [2.45, 2.75) is 91.4 Å². The highest BCUT2D eigenvalue weighted by atomic mass is 16.5. The molecule has 0 spiro atoms. The zero-order chi connectivity index (χ0) is 18.5. The number of likely N-dealkylation sites (tertiary alicyclic amines) is 1. The lowest BCUT2D eigenvalue weighted by atomic mass is 9.90. The van der Waals surface area contributed by atoms with Crippen LogP contribution in [-0.4, -0.2) is 36.5 Å². The van der Waals surface area contributed by atoms with Crippen molar-refractivity contribution in [2.24, 2.45) is 11.8 Å². The molecule has 0 radical (unpaired) electrons. The summed E-state index contributed by atoms with van der Waals surface area (Å²) in [4.78, 5) is 27.0. The number of carbonyl (C=O) groups is 2. The molecule has 1 aliphatic rings. The third kappa shape index (κ3) is 7.79. The molecule has 2 atom stereocenters. The second-order valence-corrected chi connectivity index (χ2v) is 7.43. The maximum atomic E-state index is 12.6. The van der Waals surface area contributed by atoms with E-state index in [0.717, 1.165) is 51.5 Å². The number of hydrogen-bond donors (Lipinski definition) is 0. The third-order valence-electron chi connectivity index (χ3n) is 5.23. The molecule has 1 fully saturated rings. The van der Waals surface area contributed by atoms with Crippen LogP contribution in [0.3, 0.4) is 0 Å². The molecule has 146 valence electrons. The number of hydrogen-bond acceptors (Lipinski definition) is 3. The molecule has 1 aliphatic heterocycles. The first-order valence-electron chi connectivity index (χ1n) is 10.6. The van der Waals surface area contributed by atoms with Gasteiger partial charge in [-0.15, -0.1) is 0 Å². The molecular weight excluding hydrogens is 314 g/mol. The Balaban J connectivity index is 2.42. The van der Waals surface area contributed by atoms with Crippen LogP contribution in [0, 0.1) is 11.8 Å². The lowest BCUT2D eigenvalue weighted by molar-refractivity contribution is -0.150. The first-order valence-corrected chi connectivity index (χ1v) is 10.6. The van der Waals surface area contributed by atoms with Crippen molar-refractivity contribution in [2.75, 3.05) is 19.7 Å². The lowest BCUT2D eigenvalue weighted by Gasteiger charge is -2.15. The monoisotopic (exact) mass is 353 g/mol. The van der Waals surface area contributed by atoms with Gasteiger partial charge in [0.15, 0.2) is 0 Å². The highest BCUT2D eigenvalue weighted by Crippen LogP contribution is 2.30. The zero-order valence-corrected chi connectivity index (χ0v) is 16.7. The van der Waals surface area contributed by atoms with E-state index in [2.05, 4.69) is 20.8 Å². The molecular formula is C21H39NO3. The fourth-order valence-corrected chi connectivity index (χ4v) is 3.56. The maximum absolute atomic E-state index is 12.6. The van der Waals surface area contributed by atoms with Crippen LogP contribution in [0.1, 0.15) is 91.4 Å². The molecule has 0 aromatic rings. The topological polar surface area (TPSA) is 46.6 Å². The molecule has 0 aromatic carbocycles. The van der Waals surface area contributed by atoms with Crippen LogP contribution < -0.4 is 0 Å². The Bertz CT molecular complexity index is 383. The van der Waals surface area contributed by atoms with Crippen molar-refractivity contribution >= 4 is 11.9 Å². The van der Waals surface area contributed by atoms with Crippen LogP contribution in [-0.2, 0) is 14.3 Å². The van der Waals surface area contributed by atoms with E-state index in [1.807, 2.05) is 4.90 Å². The van der Waals surface area contributed by atoms with E-state index >= 15 is 0 Å². The molecule has 0 N–H and O–H groups in total. The molecule has 0 aromatic heterocycles. The largest absolute Gasteiger partial charge is 0.465 e. The summed E-state index contributed by atoms with van der Waals surface area (Å²) < 4.78 is 5.53. The van der Waals surface area contributed by atoms with Crippen LogP contribution in [0.5, 0.6) is 0 Å². The fourth-order valence-electron chi connectivity index (χ4n) is 3.56. The maximum Gasteiger partial charge on any atom is 0.311 e. The summed E-state index contributed by atoms with van der Waals surface area (Å²) >= 11 is 0. The predicted octanol–water partition coefficient (Wildman–Crippen LogP) is 4.96. The normalized spacial score (nSPS) is 20.3. The standard InChI is InChI=1S/C21H39NO3/c1-4-7-10-11-12-13-16-25-21(24)19-17-22(15-9-6-3)20(23)18(19)14-8-5-2/h18-19H,4-17H2,1-3H3. The van der Waals surface area contributed by atoms with E-state index in [1.165, 1.54) is 25.7 Å². The highest BCUT2D eigenvalue weighted by molar-refractivity contribution is 5.89. The van der Waals surface area contributed by atoms with Crippen molar-refractivity contribution in [3.8, 4) is 0 Å². The van der Waals surface area contributed by atoms with E-state index in [1.54, 1.807) is 0 Å². The second kappa shape index (κ2) is 13.2. The van der Waals surface area contributed by atoms with Gasteiger partial charge < -0.3 is 9.64 Å². The van der Waals surface area contributed by atoms with Crippen molar-refractivity contribution in [3.05, 3.63) is 0 Å².